The molecular weight excluding hydrogens is 458 g/mol. The van der Waals surface area contributed by atoms with Gasteiger partial charge in [-0.1, -0.05) is 24.3 Å². The smallest absolute Gasteiger partial charge is 0.243 e. The Morgan fingerprint density at radius 2 is 1.65 bits per heavy atom. The Balaban J connectivity index is 1.39. The topological polar surface area (TPSA) is 105 Å². The summed E-state index contributed by atoms with van der Waals surface area (Å²) in [7, 11) is -0.395. The van der Waals surface area contributed by atoms with E-state index in [1.807, 2.05) is 12.1 Å². The standard InChI is InChI=1S/C24H31N3O6S/c1-32-20-9-8-19(22(18-20)33-2)12-13-25-23(28)10-11-24(29)26-14-16-27(17-15-26)34(30,31)21-6-4-3-5-7-21/h3-9,18H,10-17H2,1-2H3,(H,25,28). The summed E-state index contributed by atoms with van der Waals surface area (Å²) in [4.78, 5) is 26.6. The fourth-order valence-corrected chi connectivity index (χ4v) is 5.22. The maximum Gasteiger partial charge on any atom is 0.243 e. The SMILES string of the molecule is COc1ccc(CCNC(=O)CCC(=O)N2CCN(S(=O)(=O)c3ccccc3)CC2)c(OC)c1. The van der Waals surface area contributed by atoms with Crippen LogP contribution in [0.5, 0.6) is 11.5 Å². The highest BCUT2D eigenvalue weighted by atomic mass is 32.2. The Labute approximate surface area is 200 Å². The molecule has 34 heavy (non-hydrogen) atoms. The Kier molecular flexibility index (Phi) is 8.89. The Morgan fingerprint density at radius 3 is 2.29 bits per heavy atom. The van der Waals surface area contributed by atoms with Crippen molar-refractivity contribution in [2.75, 3.05) is 46.9 Å². The number of piperazine rings is 1. The van der Waals surface area contributed by atoms with Crippen LogP contribution in [-0.2, 0) is 26.0 Å². The molecule has 1 fully saturated rings. The summed E-state index contributed by atoms with van der Waals surface area (Å²) in [5.74, 6) is 1.04. The molecular formula is C24H31N3O6S. The third kappa shape index (κ3) is 6.48. The lowest BCUT2D eigenvalue weighted by Crippen LogP contribution is -2.50. The molecule has 1 heterocycles. The number of hydrogen-bond donors (Lipinski definition) is 1. The predicted molar refractivity (Wildman–Crippen MR) is 127 cm³/mol. The fraction of sp³-hybridized carbons (Fsp3) is 0.417. The lowest BCUT2D eigenvalue weighted by Gasteiger charge is -2.34. The van der Waals surface area contributed by atoms with E-state index in [1.165, 1.54) is 4.31 Å². The summed E-state index contributed by atoms with van der Waals surface area (Å²) in [5.41, 5.74) is 0.947. The summed E-state index contributed by atoms with van der Waals surface area (Å²) in [6, 6.07) is 13.8. The van der Waals surface area contributed by atoms with Crippen LogP contribution >= 0.6 is 0 Å². The molecule has 0 aliphatic carbocycles. The van der Waals surface area contributed by atoms with Gasteiger partial charge in [0.15, 0.2) is 0 Å². The minimum atomic E-state index is -3.56. The van der Waals surface area contributed by atoms with Gasteiger partial charge in [-0.05, 0) is 30.2 Å². The van der Waals surface area contributed by atoms with E-state index in [9.17, 15) is 18.0 Å². The van der Waals surface area contributed by atoms with E-state index < -0.39 is 10.0 Å². The first-order chi connectivity index (χ1) is 16.3. The van der Waals surface area contributed by atoms with Gasteiger partial charge in [0.25, 0.3) is 0 Å². The summed E-state index contributed by atoms with van der Waals surface area (Å²) in [6.45, 7) is 1.51. The second-order valence-electron chi connectivity index (χ2n) is 7.88. The first kappa shape index (κ1) is 25.5. The van der Waals surface area contributed by atoms with Crippen molar-refractivity contribution in [2.24, 2.45) is 0 Å². The van der Waals surface area contributed by atoms with E-state index >= 15 is 0 Å². The number of carbonyl (C=O) groups excluding carboxylic acids is 2. The third-order valence-corrected chi connectivity index (χ3v) is 7.66. The van der Waals surface area contributed by atoms with Crippen molar-refractivity contribution in [1.82, 2.24) is 14.5 Å². The number of nitrogens with zero attached hydrogens (tertiary/aromatic N) is 2. The lowest BCUT2D eigenvalue weighted by molar-refractivity contribution is -0.134. The predicted octanol–water partition coefficient (Wildman–Crippen LogP) is 1.68. The molecule has 184 valence electrons. The quantitative estimate of drug-likeness (QED) is 0.544. The van der Waals surface area contributed by atoms with Crippen molar-refractivity contribution in [3.8, 4) is 11.5 Å². The highest BCUT2D eigenvalue weighted by Gasteiger charge is 2.29. The van der Waals surface area contributed by atoms with Crippen molar-refractivity contribution >= 4 is 21.8 Å². The highest BCUT2D eigenvalue weighted by Crippen LogP contribution is 2.24. The molecule has 0 radical (unpaired) electrons. The zero-order chi connectivity index (χ0) is 24.6. The number of benzene rings is 2. The number of hydrogen-bond acceptors (Lipinski definition) is 6. The molecule has 9 nitrogen and oxygen atoms in total. The average Bonchev–Trinajstić information content (AvgIpc) is 2.88. The average molecular weight is 490 g/mol. The van der Waals surface area contributed by atoms with Gasteiger partial charge in [0.05, 0.1) is 19.1 Å². The van der Waals surface area contributed by atoms with Gasteiger partial charge in [0.1, 0.15) is 11.5 Å². The van der Waals surface area contributed by atoms with Crippen LogP contribution in [0.2, 0.25) is 0 Å². The maximum absolute atomic E-state index is 12.7. The normalized spacial score (nSPS) is 14.5. The number of sulfonamides is 1. The fourth-order valence-electron chi connectivity index (χ4n) is 3.78. The van der Waals surface area contributed by atoms with Crippen molar-refractivity contribution in [2.45, 2.75) is 24.2 Å². The second kappa shape index (κ2) is 11.8. The van der Waals surface area contributed by atoms with E-state index in [2.05, 4.69) is 5.32 Å². The molecule has 2 aromatic carbocycles. The maximum atomic E-state index is 12.7. The van der Waals surface area contributed by atoms with Crippen molar-refractivity contribution < 1.29 is 27.5 Å². The minimum absolute atomic E-state index is 0.0844. The number of carbonyl (C=O) groups is 2. The first-order valence-electron chi connectivity index (χ1n) is 11.2. The summed E-state index contributed by atoms with van der Waals surface area (Å²) < 4.78 is 37.4. The van der Waals surface area contributed by atoms with Gasteiger partial charge in [-0.15, -0.1) is 0 Å². The molecule has 0 unspecified atom stereocenters. The van der Waals surface area contributed by atoms with Crippen molar-refractivity contribution in [1.29, 1.82) is 0 Å². The third-order valence-electron chi connectivity index (χ3n) is 5.75. The highest BCUT2D eigenvalue weighted by molar-refractivity contribution is 7.89. The van der Waals surface area contributed by atoms with Crippen LogP contribution in [0.25, 0.3) is 0 Å². The van der Waals surface area contributed by atoms with Gasteiger partial charge in [0.2, 0.25) is 21.8 Å². The molecule has 2 amide bonds. The van der Waals surface area contributed by atoms with Crippen molar-refractivity contribution in [3.63, 3.8) is 0 Å². The van der Waals surface area contributed by atoms with Crippen LogP contribution in [0.4, 0.5) is 0 Å². The molecule has 1 N–H and O–H groups in total. The Hall–Kier alpha value is -3.11. The molecule has 0 aromatic heterocycles. The number of nitrogens with one attached hydrogen (secondary N) is 1. The van der Waals surface area contributed by atoms with Gasteiger partial charge < -0.3 is 19.7 Å². The van der Waals surface area contributed by atoms with Gasteiger partial charge in [0, 0.05) is 51.6 Å². The van der Waals surface area contributed by atoms with Gasteiger partial charge in [-0.3, -0.25) is 9.59 Å². The molecule has 0 bridgehead atoms. The molecule has 0 spiro atoms. The monoisotopic (exact) mass is 489 g/mol. The van der Waals surface area contributed by atoms with E-state index in [0.29, 0.717) is 37.6 Å². The minimum Gasteiger partial charge on any atom is -0.497 e. The molecule has 10 heteroatoms. The number of ether oxygens (including phenoxy) is 2. The van der Waals surface area contributed by atoms with E-state index in [-0.39, 0.29) is 42.6 Å². The molecule has 1 aliphatic heterocycles. The second-order valence-corrected chi connectivity index (χ2v) is 9.81. The first-order valence-corrected chi connectivity index (χ1v) is 12.6. The molecule has 3 rings (SSSR count). The number of rotatable bonds is 10. The number of amides is 2. The van der Waals surface area contributed by atoms with E-state index in [4.69, 9.17) is 9.47 Å². The lowest BCUT2D eigenvalue weighted by atomic mass is 10.1. The van der Waals surface area contributed by atoms with Gasteiger partial charge >= 0.3 is 0 Å². The Bertz CT molecular complexity index is 1080. The van der Waals surface area contributed by atoms with Crippen LogP contribution in [-0.4, -0.2) is 76.4 Å². The zero-order valence-electron chi connectivity index (χ0n) is 19.5. The van der Waals surface area contributed by atoms with E-state index in [1.54, 1.807) is 55.5 Å². The van der Waals surface area contributed by atoms with Crippen LogP contribution < -0.4 is 14.8 Å². The van der Waals surface area contributed by atoms with Gasteiger partial charge in [-0.2, -0.15) is 4.31 Å². The molecule has 1 aliphatic rings. The van der Waals surface area contributed by atoms with Crippen LogP contribution in [0.15, 0.2) is 53.4 Å². The largest absolute Gasteiger partial charge is 0.497 e. The number of methoxy groups -OCH3 is 2. The van der Waals surface area contributed by atoms with Crippen molar-refractivity contribution in [3.05, 3.63) is 54.1 Å². The molecule has 0 saturated carbocycles. The van der Waals surface area contributed by atoms with E-state index in [0.717, 1.165) is 5.56 Å². The molecule has 1 saturated heterocycles. The Morgan fingerprint density at radius 1 is 0.941 bits per heavy atom. The summed E-state index contributed by atoms with van der Waals surface area (Å²) in [5, 5.41) is 2.83. The molecule has 2 aromatic rings. The zero-order valence-corrected chi connectivity index (χ0v) is 20.3. The van der Waals surface area contributed by atoms with Gasteiger partial charge in [-0.25, -0.2) is 8.42 Å². The summed E-state index contributed by atoms with van der Waals surface area (Å²) in [6.07, 6.45) is 0.759. The summed E-state index contributed by atoms with van der Waals surface area (Å²) >= 11 is 0. The van der Waals surface area contributed by atoms with Crippen LogP contribution in [0.1, 0.15) is 18.4 Å². The van der Waals surface area contributed by atoms with Crippen LogP contribution in [0, 0.1) is 0 Å². The van der Waals surface area contributed by atoms with Crippen LogP contribution in [0.3, 0.4) is 0 Å². The molecule has 0 atom stereocenters.